The van der Waals surface area contributed by atoms with Gasteiger partial charge in [0.15, 0.2) is 11.5 Å². The van der Waals surface area contributed by atoms with Gasteiger partial charge in [-0.05, 0) is 30.0 Å². The van der Waals surface area contributed by atoms with Crippen molar-refractivity contribution in [1.29, 1.82) is 0 Å². The van der Waals surface area contributed by atoms with E-state index < -0.39 is 0 Å². The standard InChI is InChI=1S/C19H26N2O4/c1-14-11-21(12-16(14)20-6-8-23-9-7-20)19(22)5-3-15-2-4-17-18(10-15)25-13-24-17/h2,4,10,14,16H,3,5-9,11-13H2,1H3/t14-,16+/m0/s1. The van der Waals surface area contributed by atoms with Gasteiger partial charge in [0.1, 0.15) is 0 Å². The summed E-state index contributed by atoms with van der Waals surface area (Å²) in [5, 5.41) is 0. The number of likely N-dealkylation sites (tertiary alicyclic amines) is 1. The Kier molecular flexibility index (Phi) is 4.81. The van der Waals surface area contributed by atoms with Crippen LogP contribution in [0.2, 0.25) is 0 Å². The Morgan fingerprint density at radius 1 is 1.16 bits per heavy atom. The van der Waals surface area contributed by atoms with Gasteiger partial charge in [0, 0.05) is 38.6 Å². The predicted octanol–water partition coefficient (Wildman–Crippen LogP) is 1.53. The number of fused-ring (bicyclic) bond motifs is 1. The molecule has 0 N–H and O–H groups in total. The Morgan fingerprint density at radius 3 is 2.80 bits per heavy atom. The van der Waals surface area contributed by atoms with Crippen LogP contribution in [-0.2, 0) is 16.0 Å². The maximum atomic E-state index is 12.7. The molecule has 0 aromatic heterocycles. The molecule has 0 radical (unpaired) electrons. The van der Waals surface area contributed by atoms with Gasteiger partial charge in [-0.15, -0.1) is 0 Å². The van der Waals surface area contributed by atoms with Gasteiger partial charge in [-0.1, -0.05) is 13.0 Å². The highest BCUT2D eigenvalue weighted by Crippen LogP contribution is 2.33. The number of carbonyl (C=O) groups is 1. The number of benzene rings is 1. The minimum atomic E-state index is 0.250. The third kappa shape index (κ3) is 3.60. The van der Waals surface area contributed by atoms with Crippen molar-refractivity contribution >= 4 is 5.91 Å². The average Bonchev–Trinajstić information content (AvgIpc) is 3.26. The topological polar surface area (TPSA) is 51.2 Å². The van der Waals surface area contributed by atoms with Gasteiger partial charge in [0.2, 0.25) is 12.7 Å². The van der Waals surface area contributed by atoms with Crippen LogP contribution in [0.25, 0.3) is 0 Å². The van der Waals surface area contributed by atoms with Crippen molar-refractivity contribution in [2.24, 2.45) is 5.92 Å². The van der Waals surface area contributed by atoms with Crippen LogP contribution in [-0.4, -0.2) is 67.9 Å². The zero-order valence-corrected chi connectivity index (χ0v) is 14.8. The van der Waals surface area contributed by atoms with Crippen LogP contribution in [0.4, 0.5) is 0 Å². The maximum Gasteiger partial charge on any atom is 0.231 e. The molecule has 6 heteroatoms. The molecule has 3 aliphatic rings. The van der Waals surface area contributed by atoms with Crippen LogP contribution in [0.3, 0.4) is 0 Å². The number of rotatable bonds is 4. The zero-order chi connectivity index (χ0) is 17.2. The van der Waals surface area contributed by atoms with Gasteiger partial charge in [-0.2, -0.15) is 0 Å². The van der Waals surface area contributed by atoms with E-state index in [1.165, 1.54) is 0 Å². The first-order valence-corrected chi connectivity index (χ1v) is 9.19. The van der Waals surface area contributed by atoms with Crippen LogP contribution in [0, 0.1) is 5.92 Å². The number of hydrogen-bond acceptors (Lipinski definition) is 5. The van der Waals surface area contributed by atoms with Gasteiger partial charge in [-0.25, -0.2) is 0 Å². The molecule has 3 aliphatic heterocycles. The average molecular weight is 346 g/mol. The van der Waals surface area contributed by atoms with Crippen LogP contribution >= 0.6 is 0 Å². The molecule has 3 heterocycles. The highest BCUT2D eigenvalue weighted by molar-refractivity contribution is 5.77. The Labute approximate surface area is 148 Å². The molecule has 25 heavy (non-hydrogen) atoms. The van der Waals surface area contributed by atoms with E-state index in [-0.39, 0.29) is 12.7 Å². The van der Waals surface area contributed by atoms with Crippen LogP contribution in [0.1, 0.15) is 18.9 Å². The third-order valence-electron chi connectivity index (χ3n) is 5.50. The fourth-order valence-electron chi connectivity index (χ4n) is 4.04. The lowest BCUT2D eigenvalue weighted by Crippen LogP contribution is -2.47. The van der Waals surface area contributed by atoms with Gasteiger partial charge in [0.05, 0.1) is 13.2 Å². The molecule has 0 aliphatic carbocycles. The first kappa shape index (κ1) is 16.7. The molecule has 4 rings (SSSR count). The van der Waals surface area contributed by atoms with E-state index in [9.17, 15) is 4.79 Å². The molecule has 2 atom stereocenters. The first-order chi connectivity index (χ1) is 12.2. The molecule has 0 unspecified atom stereocenters. The Balaban J connectivity index is 1.31. The highest BCUT2D eigenvalue weighted by atomic mass is 16.7. The Bertz CT molecular complexity index is 630. The summed E-state index contributed by atoms with van der Waals surface area (Å²) in [7, 11) is 0. The number of hydrogen-bond donors (Lipinski definition) is 0. The fourth-order valence-corrected chi connectivity index (χ4v) is 4.04. The van der Waals surface area contributed by atoms with Crippen molar-refractivity contribution in [3.8, 4) is 11.5 Å². The monoisotopic (exact) mass is 346 g/mol. The highest BCUT2D eigenvalue weighted by Gasteiger charge is 2.36. The van der Waals surface area contributed by atoms with Gasteiger partial charge >= 0.3 is 0 Å². The molecule has 1 amide bonds. The van der Waals surface area contributed by atoms with E-state index in [0.717, 1.165) is 62.9 Å². The van der Waals surface area contributed by atoms with E-state index in [1.54, 1.807) is 0 Å². The summed E-state index contributed by atoms with van der Waals surface area (Å²) in [6.07, 6.45) is 1.28. The summed E-state index contributed by atoms with van der Waals surface area (Å²) in [5.41, 5.74) is 1.12. The lowest BCUT2D eigenvalue weighted by Gasteiger charge is -2.34. The molecule has 0 spiro atoms. The Morgan fingerprint density at radius 2 is 1.96 bits per heavy atom. The molecule has 0 saturated carbocycles. The summed E-state index contributed by atoms with van der Waals surface area (Å²) in [5.74, 6) is 2.34. The number of amides is 1. The van der Waals surface area contributed by atoms with Crippen molar-refractivity contribution in [3.05, 3.63) is 23.8 Å². The predicted molar refractivity (Wildman–Crippen MR) is 92.8 cm³/mol. The maximum absolute atomic E-state index is 12.7. The SMILES string of the molecule is C[C@H]1CN(C(=O)CCc2ccc3c(c2)OCO3)C[C@H]1N1CCOCC1. The molecule has 0 bridgehead atoms. The number of nitrogens with zero attached hydrogens (tertiary/aromatic N) is 2. The second-order valence-corrected chi connectivity index (χ2v) is 7.18. The fraction of sp³-hybridized carbons (Fsp3) is 0.632. The lowest BCUT2D eigenvalue weighted by atomic mass is 10.0. The smallest absolute Gasteiger partial charge is 0.231 e. The van der Waals surface area contributed by atoms with Crippen molar-refractivity contribution in [1.82, 2.24) is 9.80 Å². The zero-order valence-electron chi connectivity index (χ0n) is 14.8. The van der Waals surface area contributed by atoms with Crippen molar-refractivity contribution in [2.45, 2.75) is 25.8 Å². The van der Waals surface area contributed by atoms with Gasteiger partial charge in [0.25, 0.3) is 0 Å². The number of aryl methyl sites for hydroxylation is 1. The summed E-state index contributed by atoms with van der Waals surface area (Å²) in [4.78, 5) is 17.2. The van der Waals surface area contributed by atoms with Crippen molar-refractivity contribution in [3.63, 3.8) is 0 Å². The molecule has 2 saturated heterocycles. The molecule has 6 nitrogen and oxygen atoms in total. The van der Waals surface area contributed by atoms with Crippen LogP contribution < -0.4 is 9.47 Å². The molecular formula is C19H26N2O4. The van der Waals surface area contributed by atoms with Crippen molar-refractivity contribution in [2.75, 3.05) is 46.2 Å². The second kappa shape index (κ2) is 7.22. The number of ether oxygens (including phenoxy) is 3. The lowest BCUT2D eigenvalue weighted by molar-refractivity contribution is -0.130. The minimum absolute atomic E-state index is 0.250. The quantitative estimate of drug-likeness (QED) is 0.828. The number of carbonyl (C=O) groups excluding carboxylic acids is 1. The molecule has 2 fully saturated rings. The first-order valence-electron chi connectivity index (χ1n) is 9.19. The van der Waals surface area contributed by atoms with E-state index in [4.69, 9.17) is 14.2 Å². The van der Waals surface area contributed by atoms with Crippen LogP contribution in [0.5, 0.6) is 11.5 Å². The van der Waals surface area contributed by atoms with Gasteiger partial charge in [-0.3, -0.25) is 9.69 Å². The molecule has 1 aromatic rings. The Hall–Kier alpha value is -1.79. The van der Waals surface area contributed by atoms with E-state index in [1.807, 2.05) is 23.1 Å². The van der Waals surface area contributed by atoms with Gasteiger partial charge < -0.3 is 19.1 Å². The normalized spacial score (nSPS) is 26.2. The van der Waals surface area contributed by atoms with E-state index in [2.05, 4.69) is 11.8 Å². The summed E-state index contributed by atoms with van der Waals surface area (Å²) >= 11 is 0. The largest absolute Gasteiger partial charge is 0.454 e. The summed E-state index contributed by atoms with van der Waals surface area (Å²) < 4.78 is 16.2. The summed E-state index contributed by atoms with van der Waals surface area (Å²) in [6.45, 7) is 7.83. The molecule has 1 aromatic carbocycles. The number of morpholine rings is 1. The molecular weight excluding hydrogens is 320 g/mol. The summed E-state index contributed by atoms with van der Waals surface area (Å²) in [6, 6.07) is 6.40. The second-order valence-electron chi connectivity index (χ2n) is 7.18. The van der Waals surface area contributed by atoms with Crippen LogP contribution in [0.15, 0.2) is 18.2 Å². The van der Waals surface area contributed by atoms with E-state index in [0.29, 0.717) is 18.4 Å². The minimum Gasteiger partial charge on any atom is -0.454 e. The van der Waals surface area contributed by atoms with E-state index >= 15 is 0 Å². The van der Waals surface area contributed by atoms with Crippen molar-refractivity contribution < 1.29 is 19.0 Å². The third-order valence-corrected chi connectivity index (χ3v) is 5.50. The molecule has 136 valence electrons.